The van der Waals surface area contributed by atoms with Gasteiger partial charge >= 0.3 is 23.9 Å². The number of ether oxygens (including phenoxy) is 6. The lowest BCUT2D eigenvalue weighted by atomic mass is 10.2. The summed E-state index contributed by atoms with van der Waals surface area (Å²) in [6, 6.07) is 13.1. The Morgan fingerprint density at radius 1 is 0.588 bits per heavy atom. The van der Waals surface area contributed by atoms with Gasteiger partial charge in [0.05, 0.1) is 37.6 Å². The summed E-state index contributed by atoms with van der Waals surface area (Å²) in [6.07, 6.45) is 7.30. The Morgan fingerprint density at radius 2 is 0.980 bits per heavy atom. The molecule has 0 aliphatic carbocycles. The van der Waals surface area contributed by atoms with Crippen molar-refractivity contribution in [2.75, 3.05) is 26.4 Å². The van der Waals surface area contributed by atoms with E-state index in [0.29, 0.717) is 57.7 Å². The van der Waals surface area contributed by atoms with Gasteiger partial charge in [-0.05, 0) is 107 Å². The molecule has 3 rings (SSSR count). The summed E-state index contributed by atoms with van der Waals surface area (Å²) in [6.45, 7) is 9.79. The Morgan fingerprint density at radius 3 is 1.37 bits per heavy atom. The summed E-state index contributed by atoms with van der Waals surface area (Å²) >= 11 is 0. The zero-order valence-electron chi connectivity index (χ0n) is 28.6. The third-order valence-corrected chi connectivity index (χ3v) is 7.17. The topological polar surface area (TPSA) is 124 Å². The second-order valence-electron chi connectivity index (χ2n) is 11.3. The molecule has 0 N–H and O–H groups in total. The van der Waals surface area contributed by atoms with Gasteiger partial charge in [-0.1, -0.05) is 13.2 Å². The predicted octanol–water partition coefficient (Wildman–Crippen LogP) is 8.13. The second-order valence-corrected chi connectivity index (χ2v) is 11.3. The molecular formula is C39H42F2O10. The molecule has 272 valence electrons. The van der Waals surface area contributed by atoms with Crippen molar-refractivity contribution in [3.05, 3.63) is 108 Å². The van der Waals surface area contributed by atoms with E-state index in [2.05, 4.69) is 13.2 Å². The average molecular weight is 709 g/mol. The minimum atomic E-state index is -0.938. The molecule has 0 aliphatic rings. The molecule has 0 saturated heterocycles. The van der Waals surface area contributed by atoms with Crippen molar-refractivity contribution in [2.45, 2.75) is 58.3 Å². The van der Waals surface area contributed by atoms with Crippen LogP contribution in [-0.4, -0.2) is 50.3 Å². The summed E-state index contributed by atoms with van der Waals surface area (Å²) in [5.74, 6) is -3.71. The molecule has 12 heteroatoms. The Hall–Kier alpha value is -5.52. The number of carbonyl (C=O) groups excluding carboxylic acids is 4. The van der Waals surface area contributed by atoms with Crippen molar-refractivity contribution < 1.29 is 56.4 Å². The van der Waals surface area contributed by atoms with Gasteiger partial charge in [-0.3, -0.25) is 0 Å². The molecule has 0 atom stereocenters. The highest BCUT2D eigenvalue weighted by atomic mass is 19.1. The smallest absolute Gasteiger partial charge is 0.346 e. The van der Waals surface area contributed by atoms with Gasteiger partial charge in [0, 0.05) is 23.8 Å². The third-order valence-electron chi connectivity index (χ3n) is 7.17. The minimum absolute atomic E-state index is 0.0673. The van der Waals surface area contributed by atoms with Gasteiger partial charge in [-0.15, -0.1) is 0 Å². The van der Waals surface area contributed by atoms with Crippen LogP contribution >= 0.6 is 0 Å². The molecule has 0 bridgehead atoms. The summed E-state index contributed by atoms with van der Waals surface area (Å²) in [7, 11) is 0. The van der Waals surface area contributed by atoms with E-state index < -0.39 is 35.5 Å². The first kappa shape index (κ1) is 39.9. The SMILES string of the molecule is C=CC(=O)OCCCCCCOc1ccc(C(=O)Oc2ccc(OC(=O)c3ccc(OCCCCCCOC(=O)C(=C)C)cc3F)cc2)c(F)c1. The van der Waals surface area contributed by atoms with E-state index >= 15 is 0 Å². The number of hydrogen-bond acceptors (Lipinski definition) is 10. The fraction of sp³-hybridized carbons (Fsp3) is 0.333. The van der Waals surface area contributed by atoms with E-state index in [-0.39, 0.29) is 34.1 Å². The molecule has 0 fully saturated rings. The first-order valence-corrected chi connectivity index (χ1v) is 16.6. The van der Waals surface area contributed by atoms with Crippen molar-refractivity contribution in [3.8, 4) is 23.0 Å². The highest BCUT2D eigenvalue weighted by Crippen LogP contribution is 2.24. The first-order valence-electron chi connectivity index (χ1n) is 16.6. The number of esters is 4. The third kappa shape index (κ3) is 14.5. The number of rotatable bonds is 22. The van der Waals surface area contributed by atoms with Crippen molar-refractivity contribution in [1.29, 1.82) is 0 Å². The molecule has 0 saturated carbocycles. The maximum absolute atomic E-state index is 14.7. The van der Waals surface area contributed by atoms with Crippen LogP contribution in [0, 0.1) is 11.6 Å². The first-order chi connectivity index (χ1) is 24.6. The Bertz CT molecular complexity index is 1650. The van der Waals surface area contributed by atoms with E-state index in [9.17, 15) is 28.0 Å². The van der Waals surface area contributed by atoms with E-state index in [0.717, 1.165) is 43.9 Å². The average Bonchev–Trinajstić information content (AvgIpc) is 3.11. The molecule has 0 aliphatic heterocycles. The van der Waals surface area contributed by atoms with Crippen molar-refractivity contribution >= 4 is 23.9 Å². The Balaban J connectivity index is 1.37. The number of hydrogen-bond donors (Lipinski definition) is 0. The molecule has 10 nitrogen and oxygen atoms in total. The fourth-order valence-corrected chi connectivity index (χ4v) is 4.42. The monoisotopic (exact) mass is 708 g/mol. The summed E-state index contributed by atoms with van der Waals surface area (Å²) < 4.78 is 60.9. The minimum Gasteiger partial charge on any atom is -0.493 e. The lowest BCUT2D eigenvalue weighted by molar-refractivity contribution is -0.139. The lowest BCUT2D eigenvalue weighted by Gasteiger charge is -2.10. The van der Waals surface area contributed by atoms with E-state index in [1.54, 1.807) is 6.92 Å². The number of unbranched alkanes of at least 4 members (excludes halogenated alkanes) is 6. The van der Waals surface area contributed by atoms with Crippen LogP contribution in [0.4, 0.5) is 8.78 Å². The summed E-state index contributed by atoms with van der Waals surface area (Å²) in [5.41, 5.74) is -0.235. The molecule has 0 amide bonds. The number of carbonyl (C=O) groups is 4. The quantitative estimate of drug-likeness (QED) is 0.0437. The predicted molar refractivity (Wildman–Crippen MR) is 184 cm³/mol. The Labute approximate surface area is 295 Å². The van der Waals surface area contributed by atoms with Crippen molar-refractivity contribution in [2.24, 2.45) is 0 Å². The molecule has 0 radical (unpaired) electrons. The highest BCUT2D eigenvalue weighted by Gasteiger charge is 2.18. The van der Waals surface area contributed by atoms with Gasteiger partial charge in [-0.25, -0.2) is 28.0 Å². The standard InChI is InChI=1S/C39H42F2O10/c1-4-36(42)48-23-11-7-5-9-21-46-30-17-19-32(34(40)25-30)38(44)50-28-13-15-29(16-14-28)51-39(45)33-20-18-31(26-35(33)41)47-22-10-6-8-12-24-49-37(43)27(2)3/h4,13-20,25-26H,1-2,5-12,21-24H2,3H3. The zero-order chi connectivity index (χ0) is 37.0. The van der Waals surface area contributed by atoms with Crippen molar-refractivity contribution in [1.82, 2.24) is 0 Å². The molecule has 3 aromatic rings. The van der Waals surface area contributed by atoms with Crippen molar-refractivity contribution in [3.63, 3.8) is 0 Å². The summed E-state index contributed by atoms with van der Waals surface area (Å²) in [5, 5.41) is 0. The maximum atomic E-state index is 14.7. The van der Waals surface area contributed by atoms with E-state index in [4.69, 9.17) is 28.4 Å². The zero-order valence-corrected chi connectivity index (χ0v) is 28.6. The van der Waals surface area contributed by atoms with Crippen LogP contribution in [0.3, 0.4) is 0 Å². The number of benzene rings is 3. The van der Waals surface area contributed by atoms with Crippen LogP contribution in [0.5, 0.6) is 23.0 Å². The largest absolute Gasteiger partial charge is 0.493 e. The van der Waals surface area contributed by atoms with Crippen LogP contribution in [0.1, 0.15) is 79.0 Å². The molecule has 51 heavy (non-hydrogen) atoms. The maximum Gasteiger partial charge on any atom is 0.346 e. The van der Waals surface area contributed by atoms with Crippen LogP contribution in [-0.2, 0) is 19.1 Å². The van der Waals surface area contributed by atoms with Crippen LogP contribution in [0.15, 0.2) is 85.5 Å². The van der Waals surface area contributed by atoms with Gasteiger partial charge in [0.25, 0.3) is 0 Å². The van der Waals surface area contributed by atoms with Gasteiger partial charge < -0.3 is 28.4 Å². The molecule has 0 heterocycles. The van der Waals surface area contributed by atoms with Gasteiger partial charge in [-0.2, -0.15) is 0 Å². The van der Waals surface area contributed by atoms with Gasteiger partial charge in [0.1, 0.15) is 34.6 Å². The molecule has 3 aromatic carbocycles. The fourth-order valence-electron chi connectivity index (χ4n) is 4.42. The molecule has 0 unspecified atom stereocenters. The lowest BCUT2D eigenvalue weighted by Crippen LogP contribution is -2.12. The molecular weight excluding hydrogens is 666 g/mol. The van der Waals surface area contributed by atoms with Gasteiger partial charge in [0.15, 0.2) is 0 Å². The van der Waals surface area contributed by atoms with Gasteiger partial charge in [0.2, 0.25) is 0 Å². The van der Waals surface area contributed by atoms with Crippen LogP contribution in [0.25, 0.3) is 0 Å². The van der Waals surface area contributed by atoms with Crippen LogP contribution < -0.4 is 18.9 Å². The molecule has 0 aromatic heterocycles. The molecule has 0 spiro atoms. The highest BCUT2D eigenvalue weighted by molar-refractivity contribution is 5.92. The summed E-state index contributed by atoms with van der Waals surface area (Å²) in [4.78, 5) is 47.5. The normalized spacial score (nSPS) is 10.5. The van der Waals surface area contributed by atoms with E-state index in [1.165, 1.54) is 48.5 Å². The van der Waals surface area contributed by atoms with E-state index in [1.807, 2.05) is 0 Å². The number of halogens is 2. The second kappa shape index (κ2) is 21.5. The Kier molecular flexibility index (Phi) is 16.9. The van der Waals surface area contributed by atoms with Crippen LogP contribution in [0.2, 0.25) is 0 Å².